The average Bonchev–Trinajstić information content (AvgIpc) is 2.85. The van der Waals surface area contributed by atoms with Crippen LogP contribution in [0.1, 0.15) is 57.3 Å². The van der Waals surface area contributed by atoms with Crippen LogP contribution in [0, 0.1) is 17.8 Å². The molecule has 0 aromatic heterocycles. The van der Waals surface area contributed by atoms with E-state index in [9.17, 15) is 9.90 Å². The molecule has 3 rings (SSSR count). The zero-order valence-corrected chi connectivity index (χ0v) is 15.6. The first-order valence-corrected chi connectivity index (χ1v) is 9.22. The maximum Gasteiger partial charge on any atom is 0.338 e. The second kappa shape index (κ2) is 7.07. The lowest BCUT2D eigenvalue weighted by Gasteiger charge is -2.30. The molecule has 25 heavy (non-hydrogen) atoms. The van der Waals surface area contributed by atoms with Crippen LogP contribution in [0.3, 0.4) is 0 Å². The van der Waals surface area contributed by atoms with Crippen molar-refractivity contribution in [2.75, 3.05) is 0 Å². The van der Waals surface area contributed by atoms with Crippen LogP contribution in [0.2, 0.25) is 0 Å². The molecule has 0 unspecified atom stereocenters. The van der Waals surface area contributed by atoms with Crippen molar-refractivity contribution >= 4 is 5.97 Å². The Hall–Kier alpha value is -2.03. The average molecular weight is 340 g/mol. The Labute approximate surface area is 150 Å². The highest BCUT2D eigenvalue weighted by Gasteiger charge is 2.37. The van der Waals surface area contributed by atoms with Crippen molar-refractivity contribution in [3.63, 3.8) is 0 Å². The van der Waals surface area contributed by atoms with E-state index in [4.69, 9.17) is 4.74 Å². The molecule has 3 heteroatoms. The summed E-state index contributed by atoms with van der Waals surface area (Å²) < 4.78 is 5.97. The summed E-state index contributed by atoms with van der Waals surface area (Å²) in [6.45, 7) is 8.87. The summed E-state index contributed by atoms with van der Waals surface area (Å²) in [7, 11) is 0. The molecule has 2 aliphatic carbocycles. The smallest absolute Gasteiger partial charge is 0.338 e. The van der Waals surface area contributed by atoms with Gasteiger partial charge in [-0.25, -0.2) is 4.79 Å². The number of esters is 1. The van der Waals surface area contributed by atoms with Gasteiger partial charge in [-0.05, 0) is 62.8 Å². The third-order valence-electron chi connectivity index (χ3n) is 5.87. The fraction of sp³-hybridized carbons (Fsp3) is 0.500. The molecule has 0 bridgehead atoms. The van der Waals surface area contributed by atoms with E-state index in [1.54, 1.807) is 12.1 Å². The van der Waals surface area contributed by atoms with E-state index in [2.05, 4.69) is 33.8 Å². The van der Waals surface area contributed by atoms with Gasteiger partial charge in [0.05, 0.1) is 5.56 Å². The third-order valence-corrected chi connectivity index (χ3v) is 5.87. The van der Waals surface area contributed by atoms with E-state index >= 15 is 0 Å². The first-order valence-electron chi connectivity index (χ1n) is 9.22. The summed E-state index contributed by atoms with van der Waals surface area (Å²) in [5.41, 5.74) is 4.87. The largest absolute Gasteiger partial charge is 0.508 e. The highest BCUT2D eigenvalue weighted by molar-refractivity contribution is 5.89. The molecule has 0 heterocycles. The quantitative estimate of drug-likeness (QED) is 0.602. The van der Waals surface area contributed by atoms with Crippen LogP contribution in [-0.4, -0.2) is 17.2 Å². The van der Waals surface area contributed by atoms with Crippen LogP contribution >= 0.6 is 0 Å². The SMILES string of the molecule is CC1=CCC2=C(C)C[C@@H](OC(=O)c3ccc(O)cc3)[C@H](C(C)C)C[C@@H]12. The molecule has 3 atom stereocenters. The monoisotopic (exact) mass is 340 g/mol. The van der Waals surface area contributed by atoms with E-state index < -0.39 is 0 Å². The van der Waals surface area contributed by atoms with Crippen LogP contribution in [0.15, 0.2) is 47.1 Å². The number of hydrogen-bond acceptors (Lipinski definition) is 3. The number of hydrogen-bond donors (Lipinski definition) is 1. The van der Waals surface area contributed by atoms with Crippen LogP contribution in [0.5, 0.6) is 5.75 Å². The number of aromatic hydroxyl groups is 1. The molecule has 1 aromatic carbocycles. The number of phenolic OH excluding ortho intramolecular Hbond substituents is 1. The summed E-state index contributed by atoms with van der Waals surface area (Å²) >= 11 is 0. The van der Waals surface area contributed by atoms with Gasteiger partial charge in [-0.3, -0.25) is 0 Å². The predicted molar refractivity (Wildman–Crippen MR) is 99.4 cm³/mol. The standard InChI is InChI=1S/C22H28O3/c1-13(2)19-12-20-14(3)5-10-18(20)15(4)11-21(19)25-22(24)16-6-8-17(23)9-7-16/h5-9,13,19-21,23H,10-12H2,1-4H3/t19-,20-,21+/m0/s1. The van der Waals surface area contributed by atoms with Crippen molar-refractivity contribution in [1.82, 2.24) is 0 Å². The van der Waals surface area contributed by atoms with Gasteiger partial charge in [0.25, 0.3) is 0 Å². The Kier molecular flexibility index (Phi) is 5.03. The molecule has 3 nitrogen and oxygen atoms in total. The van der Waals surface area contributed by atoms with Crippen molar-refractivity contribution in [3.05, 3.63) is 52.6 Å². The lowest BCUT2D eigenvalue weighted by Crippen LogP contribution is -2.31. The topological polar surface area (TPSA) is 46.5 Å². The Balaban J connectivity index is 1.82. The molecule has 1 N–H and O–H groups in total. The number of benzene rings is 1. The molecule has 0 spiro atoms. The van der Waals surface area contributed by atoms with Gasteiger partial charge in [0.15, 0.2) is 0 Å². The second-order valence-corrected chi connectivity index (χ2v) is 7.85. The Morgan fingerprint density at radius 2 is 1.88 bits per heavy atom. The number of ether oxygens (including phenoxy) is 1. The number of carbonyl (C=O) groups is 1. The zero-order chi connectivity index (χ0) is 18.1. The third kappa shape index (κ3) is 3.65. The van der Waals surface area contributed by atoms with Gasteiger partial charge < -0.3 is 9.84 Å². The molecule has 2 aliphatic rings. The minimum atomic E-state index is -0.298. The number of fused-ring (bicyclic) bond motifs is 1. The molecule has 0 radical (unpaired) electrons. The second-order valence-electron chi connectivity index (χ2n) is 7.85. The van der Waals surface area contributed by atoms with Gasteiger partial charge in [-0.2, -0.15) is 0 Å². The van der Waals surface area contributed by atoms with E-state index in [1.165, 1.54) is 28.9 Å². The van der Waals surface area contributed by atoms with Gasteiger partial charge in [0.1, 0.15) is 11.9 Å². The van der Waals surface area contributed by atoms with Crippen molar-refractivity contribution in [2.24, 2.45) is 17.8 Å². The first kappa shape index (κ1) is 17.8. The molecular formula is C22H28O3. The first-order chi connectivity index (χ1) is 11.9. The van der Waals surface area contributed by atoms with Crippen molar-refractivity contribution in [1.29, 1.82) is 0 Å². The number of rotatable bonds is 3. The van der Waals surface area contributed by atoms with Crippen LogP contribution < -0.4 is 0 Å². The summed E-state index contributed by atoms with van der Waals surface area (Å²) in [6, 6.07) is 6.28. The summed E-state index contributed by atoms with van der Waals surface area (Å²) in [5, 5.41) is 9.40. The lowest BCUT2D eigenvalue weighted by molar-refractivity contribution is 0.00461. The molecule has 1 aromatic rings. The van der Waals surface area contributed by atoms with Crippen molar-refractivity contribution in [2.45, 2.75) is 53.1 Å². The summed E-state index contributed by atoms with van der Waals surface area (Å²) in [4.78, 5) is 12.6. The fourth-order valence-corrected chi connectivity index (χ4v) is 4.27. The zero-order valence-electron chi connectivity index (χ0n) is 15.6. The van der Waals surface area contributed by atoms with E-state index in [1.807, 2.05) is 0 Å². The molecule has 0 aliphatic heterocycles. The van der Waals surface area contributed by atoms with E-state index in [0.29, 0.717) is 23.3 Å². The Morgan fingerprint density at radius 1 is 1.20 bits per heavy atom. The van der Waals surface area contributed by atoms with E-state index in [-0.39, 0.29) is 17.8 Å². The highest BCUT2D eigenvalue weighted by Crippen LogP contribution is 2.45. The van der Waals surface area contributed by atoms with E-state index in [0.717, 1.165) is 19.3 Å². The van der Waals surface area contributed by atoms with Gasteiger partial charge in [0.2, 0.25) is 0 Å². The van der Waals surface area contributed by atoms with Crippen LogP contribution in [-0.2, 0) is 4.74 Å². The van der Waals surface area contributed by atoms with Gasteiger partial charge >= 0.3 is 5.97 Å². The number of allylic oxidation sites excluding steroid dienone is 3. The van der Waals surface area contributed by atoms with Gasteiger partial charge in [-0.1, -0.05) is 36.6 Å². The number of carbonyl (C=O) groups excluding carboxylic acids is 1. The predicted octanol–water partition coefficient (Wildman–Crippen LogP) is 5.27. The minimum absolute atomic E-state index is 0.0906. The lowest BCUT2D eigenvalue weighted by atomic mass is 9.81. The highest BCUT2D eigenvalue weighted by atomic mass is 16.5. The van der Waals surface area contributed by atoms with Crippen LogP contribution in [0.25, 0.3) is 0 Å². The Morgan fingerprint density at radius 3 is 2.52 bits per heavy atom. The maximum atomic E-state index is 12.6. The normalized spacial score (nSPS) is 26.3. The molecule has 0 amide bonds. The molecule has 0 saturated heterocycles. The molecular weight excluding hydrogens is 312 g/mol. The maximum absolute atomic E-state index is 12.6. The summed E-state index contributed by atoms with van der Waals surface area (Å²) in [6.07, 6.45) is 5.18. The van der Waals surface area contributed by atoms with Gasteiger partial charge in [0, 0.05) is 12.3 Å². The summed E-state index contributed by atoms with van der Waals surface area (Å²) in [5.74, 6) is 1.18. The minimum Gasteiger partial charge on any atom is -0.508 e. The molecule has 134 valence electrons. The van der Waals surface area contributed by atoms with Gasteiger partial charge in [-0.15, -0.1) is 0 Å². The Bertz CT molecular complexity index is 709. The fourth-order valence-electron chi connectivity index (χ4n) is 4.27. The number of phenols is 1. The molecule has 0 saturated carbocycles. The van der Waals surface area contributed by atoms with Crippen molar-refractivity contribution < 1.29 is 14.6 Å². The van der Waals surface area contributed by atoms with Crippen molar-refractivity contribution in [3.8, 4) is 5.75 Å². The molecule has 0 fully saturated rings. The van der Waals surface area contributed by atoms with Crippen LogP contribution in [0.4, 0.5) is 0 Å².